The smallest absolute Gasteiger partial charge is 0.270 e. The van der Waals surface area contributed by atoms with E-state index in [1.165, 1.54) is 18.2 Å². The highest BCUT2D eigenvalue weighted by Crippen LogP contribution is 2.22. The molecule has 0 aliphatic rings. The number of rotatable bonds is 6. The van der Waals surface area contributed by atoms with E-state index in [4.69, 9.17) is 17.0 Å². The second kappa shape index (κ2) is 8.11. The number of anilines is 1. The molecule has 0 saturated heterocycles. The zero-order valence-electron chi connectivity index (χ0n) is 13.0. The molecule has 0 fully saturated rings. The quantitative estimate of drug-likeness (QED) is 0.419. The molecule has 0 atom stereocenters. The van der Waals surface area contributed by atoms with E-state index in [2.05, 4.69) is 10.6 Å². The Kier molecular flexibility index (Phi) is 5.91. The number of ether oxygens (including phenoxy) is 1. The molecule has 3 N–H and O–H groups in total. The number of aromatic hydroxyl groups is 1. The van der Waals surface area contributed by atoms with Crippen LogP contribution in [0.2, 0.25) is 0 Å². The number of nitrogens with one attached hydrogen (secondary N) is 2. The van der Waals surface area contributed by atoms with Gasteiger partial charge in [0.25, 0.3) is 5.69 Å². The number of hydrogen-bond donors (Lipinski definition) is 3. The molecule has 0 aliphatic heterocycles. The van der Waals surface area contributed by atoms with Gasteiger partial charge in [-0.1, -0.05) is 0 Å². The zero-order chi connectivity index (χ0) is 17.5. The van der Waals surface area contributed by atoms with Gasteiger partial charge in [0, 0.05) is 29.9 Å². The van der Waals surface area contributed by atoms with Crippen LogP contribution in [0.1, 0.15) is 12.5 Å². The van der Waals surface area contributed by atoms with Gasteiger partial charge in [-0.15, -0.1) is 0 Å². The van der Waals surface area contributed by atoms with Gasteiger partial charge in [-0.3, -0.25) is 10.1 Å². The Bertz CT molecular complexity index is 735. The largest absolute Gasteiger partial charge is 0.508 e. The Morgan fingerprint density at radius 1 is 1.29 bits per heavy atom. The van der Waals surface area contributed by atoms with Crippen molar-refractivity contribution < 1.29 is 14.8 Å². The zero-order valence-corrected chi connectivity index (χ0v) is 13.8. The van der Waals surface area contributed by atoms with Crippen molar-refractivity contribution >= 4 is 28.7 Å². The topological polar surface area (TPSA) is 96.7 Å². The fraction of sp³-hybridized carbons (Fsp3) is 0.188. The molecule has 0 spiro atoms. The van der Waals surface area contributed by atoms with E-state index < -0.39 is 4.92 Å². The van der Waals surface area contributed by atoms with Crippen LogP contribution in [-0.2, 0) is 6.54 Å². The summed E-state index contributed by atoms with van der Waals surface area (Å²) in [5.74, 6) is 0.736. The van der Waals surface area contributed by atoms with Crippen LogP contribution >= 0.6 is 12.2 Å². The summed E-state index contributed by atoms with van der Waals surface area (Å²) in [5.41, 5.74) is 1.08. The number of nitro groups is 1. The number of thiocarbonyl (C=S) groups is 1. The van der Waals surface area contributed by atoms with Gasteiger partial charge in [-0.2, -0.15) is 0 Å². The van der Waals surface area contributed by atoms with E-state index in [0.717, 1.165) is 11.4 Å². The standard InChI is InChI=1S/C16H17N3O4S/c1-2-23-14-6-3-12(4-7-14)18-16(24)17-10-11-9-13(19(21)22)5-8-15(11)20/h3-9,20H,2,10H2,1H3,(H2,17,18,24). The molecule has 2 rings (SSSR count). The molecule has 24 heavy (non-hydrogen) atoms. The second-order valence-electron chi connectivity index (χ2n) is 4.84. The van der Waals surface area contributed by atoms with Gasteiger partial charge < -0.3 is 20.5 Å². The van der Waals surface area contributed by atoms with Crippen molar-refractivity contribution in [3.05, 3.63) is 58.1 Å². The molecule has 126 valence electrons. The first-order valence-electron chi connectivity index (χ1n) is 7.23. The van der Waals surface area contributed by atoms with E-state index in [1.807, 2.05) is 31.2 Å². The first-order chi connectivity index (χ1) is 11.5. The summed E-state index contributed by atoms with van der Waals surface area (Å²) < 4.78 is 5.36. The maximum atomic E-state index is 10.8. The van der Waals surface area contributed by atoms with Gasteiger partial charge in [0.1, 0.15) is 11.5 Å². The fourth-order valence-corrected chi connectivity index (χ4v) is 2.17. The lowest BCUT2D eigenvalue weighted by Crippen LogP contribution is -2.27. The Labute approximate surface area is 144 Å². The number of phenolic OH excluding ortho intramolecular Hbond substituents is 1. The van der Waals surface area contributed by atoms with Gasteiger partial charge in [0.15, 0.2) is 5.11 Å². The van der Waals surface area contributed by atoms with Crippen molar-refractivity contribution in [2.24, 2.45) is 0 Å². The van der Waals surface area contributed by atoms with Gasteiger partial charge >= 0.3 is 0 Å². The van der Waals surface area contributed by atoms with Crippen molar-refractivity contribution in [1.29, 1.82) is 0 Å². The monoisotopic (exact) mass is 347 g/mol. The van der Waals surface area contributed by atoms with Crippen LogP contribution in [0.5, 0.6) is 11.5 Å². The Hall–Kier alpha value is -2.87. The average Bonchev–Trinajstić information content (AvgIpc) is 2.56. The lowest BCUT2D eigenvalue weighted by Gasteiger charge is -2.12. The lowest BCUT2D eigenvalue weighted by molar-refractivity contribution is -0.384. The van der Waals surface area contributed by atoms with Crippen LogP contribution < -0.4 is 15.4 Å². The minimum atomic E-state index is -0.514. The molecule has 0 bridgehead atoms. The number of phenols is 1. The van der Waals surface area contributed by atoms with Crippen LogP contribution in [0, 0.1) is 10.1 Å². The van der Waals surface area contributed by atoms with Crippen molar-refractivity contribution in [3.8, 4) is 11.5 Å². The maximum absolute atomic E-state index is 10.8. The summed E-state index contributed by atoms with van der Waals surface area (Å²) in [6.07, 6.45) is 0. The minimum Gasteiger partial charge on any atom is -0.508 e. The summed E-state index contributed by atoms with van der Waals surface area (Å²) in [4.78, 5) is 10.3. The van der Waals surface area contributed by atoms with Crippen molar-refractivity contribution in [1.82, 2.24) is 5.32 Å². The predicted octanol–water partition coefficient (Wildman–Crippen LogP) is 3.19. The molecule has 2 aromatic carbocycles. The predicted molar refractivity (Wildman–Crippen MR) is 95.4 cm³/mol. The molecule has 0 radical (unpaired) electrons. The van der Waals surface area contributed by atoms with E-state index in [0.29, 0.717) is 17.3 Å². The molecular weight excluding hydrogens is 330 g/mol. The van der Waals surface area contributed by atoms with Crippen LogP contribution in [-0.4, -0.2) is 21.7 Å². The molecule has 8 heteroatoms. The summed E-state index contributed by atoms with van der Waals surface area (Å²) in [5, 5.41) is 26.8. The van der Waals surface area contributed by atoms with Crippen LogP contribution in [0.25, 0.3) is 0 Å². The minimum absolute atomic E-state index is 0.0306. The second-order valence-corrected chi connectivity index (χ2v) is 5.24. The highest BCUT2D eigenvalue weighted by atomic mass is 32.1. The van der Waals surface area contributed by atoms with Gasteiger partial charge in [-0.25, -0.2) is 0 Å². The van der Waals surface area contributed by atoms with Crippen LogP contribution in [0.4, 0.5) is 11.4 Å². The number of benzene rings is 2. The maximum Gasteiger partial charge on any atom is 0.270 e. The molecule has 0 aromatic heterocycles. The summed E-state index contributed by atoms with van der Waals surface area (Å²) in [6.45, 7) is 2.67. The van der Waals surface area contributed by atoms with Gasteiger partial charge in [-0.05, 0) is 49.5 Å². The van der Waals surface area contributed by atoms with Gasteiger partial charge in [0.2, 0.25) is 0 Å². The van der Waals surface area contributed by atoms with Crippen molar-refractivity contribution in [3.63, 3.8) is 0 Å². The Morgan fingerprint density at radius 3 is 2.62 bits per heavy atom. The summed E-state index contributed by atoms with van der Waals surface area (Å²) >= 11 is 5.18. The third-order valence-corrected chi connectivity index (χ3v) is 3.38. The average molecular weight is 347 g/mol. The number of nitro benzene ring substituents is 1. The number of hydrogen-bond acceptors (Lipinski definition) is 5. The normalized spacial score (nSPS) is 10.0. The fourth-order valence-electron chi connectivity index (χ4n) is 1.98. The van der Waals surface area contributed by atoms with E-state index in [1.54, 1.807) is 0 Å². The molecule has 0 amide bonds. The number of non-ortho nitro benzene ring substituents is 1. The molecule has 0 saturated carbocycles. The number of nitrogens with zero attached hydrogens (tertiary/aromatic N) is 1. The van der Waals surface area contributed by atoms with E-state index in [9.17, 15) is 15.2 Å². The SMILES string of the molecule is CCOc1ccc(NC(=S)NCc2cc([N+](=O)[O-])ccc2O)cc1. The molecule has 0 heterocycles. The van der Waals surface area contributed by atoms with E-state index in [-0.39, 0.29) is 18.0 Å². The van der Waals surface area contributed by atoms with Crippen molar-refractivity contribution in [2.45, 2.75) is 13.5 Å². The molecule has 0 unspecified atom stereocenters. The first kappa shape index (κ1) is 17.5. The Balaban J connectivity index is 1.93. The third-order valence-electron chi connectivity index (χ3n) is 3.14. The third kappa shape index (κ3) is 4.82. The molecule has 0 aliphatic carbocycles. The lowest BCUT2D eigenvalue weighted by atomic mass is 10.2. The Morgan fingerprint density at radius 2 is 2.00 bits per heavy atom. The molecular formula is C16H17N3O4S. The first-order valence-corrected chi connectivity index (χ1v) is 7.64. The summed E-state index contributed by atoms with van der Waals surface area (Å²) in [6, 6.07) is 11.1. The van der Waals surface area contributed by atoms with E-state index >= 15 is 0 Å². The highest BCUT2D eigenvalue weighted by Gasteiger charge is 2.10. The van der Waals surface area contributed by atoms with Crippen molar-refractivity contribution in [2.75, 3.05) is 11.9 Å². The van der Waals surface area contributed by atoms with Gasteiger partial charge in [0.05, 0.1) is 11.5 Å². The van der Waals surface area contributed by atoms with Crippen LogP contribution in [0.3, 0.4) is 0 Å². The highest BCUT2D eigenvalue weighted by molar-refractivity contribution is 7.80. The van der Waals surface area contributed by atoms with Crippen LogP contribution in [0.15, 0.2) is 42.5 Å². The molecule has 7 nitrogen and oxygen atoms in total. The summed E-state index contributed by atoms with van der Waals surface area (Å²) in [7, 11) is 0. The molecule has 2 aromatic rings.